The van der Waals surface area contributed by atoms with Gasteiger partial charge in [0.15, 0.2) is 0 Å². The Balaban J connectivity index is 2.76. The van der Waals surface area contributed by atoms with Gasteiger partial charge in [-0.05, 0) is 18.4 Å². The van der Waals surface area contributed by atoms with Crippen molar-refractivity contribution in [1.29, 1.82) is 0 Å². The normalized spacial score (nSPS) is 11.7. The van der Waals surface area contributed by atoms with E-state index in [0.717, 1.165) is 24.9 Å². The Morgan fingerprint density at radius 2 is 1.86 bits per heavy atom. The standard InChI is InChI=1S/C12H18N2/c1-3-9-14-12(13)11-7-5-10(4-2)6-8-11/h5-8H,3-4,9H2,1-2H3,(H2,13,14). The van der Waals surface area contributed by atoms with Gasteiger partial charge in [-0.1, -0.05) is 38.1 Å². The average Bonchev–Trinajstić information content (AvgIpc) is 2.26. The molecule has 0 aliphatic rings. The Bertz CT molecular complexity index is 299. The Morgan fingerprint density at radius 1 is 1.21 bits per heavy atom. The van der Waals surface area contributed by atoms with Crippen molar-refractivity contribution in [3.63, 3.8) is 0 Å². The number of nitrogens with two attached hydrogens (primary N) is 1. The van der Waals surface area contributed by atoms with Gasteiger partial charge in [-0.3, -0.25) is 4.99 Å². The van der Waals surface area contributed by atoms with E-state index in [1.54, 1.807) is 0 Å². The van der Waals surface area contributed by atoms with E-state index >= 15 is 0 Å². The quantitative estimate of drug-likeness (QED) is 0.574. The molecule has 1 aromatic carbocycles. The third kappa shape index (κ3) is 2.87. The molecule has 0 heterocycles. The zero-order chi connectivity index (χ0) is 10.4. The topological polar surface area (TPSA) is 38.4 Å². The lowest BCUT2D eigenvalue weighted by atomic mass is 10.1. The maximum Gasteiger partial charge on any atom is 0.125 e. The lowest BCUT2D eigenvalue weighted by Gasteiger charge is -2.02. The number of aryl methyl sites for hydroxylation is 1. The molecule has 0 saturated heterocycles. The molecule has 0 radical (unpaired) electrons. The van der Waals surface area contributed by atoms with Gasteiger partial charge in [-0.25, -0.2) is 0 Å². The summed E-state index contributed by atoms with van der Waals surface area (Å²) in [5.74, 6) is 0.648. The third-order valence-electron chi connectivity index (χ3n) is 2.16. The first kappa shape index (κ1) is 10.8. The van der Waals surface area contributed by atoms with Gasteiger partial charge in [0.25, 0.3) is 0 Å². The van der Waals surface area contributed by atoms with Crippen LogP contribution in [0.4, 0.5) is 0 Å². The Morgan fingerprint density at radius 3 is 2.36 bits per heavy atom. The summed E-state index contributed by atoms with van der Waals surface area (Å²) in [6, 6.07) is 8.27. The number of aliphatic imine (C=N–C) groups is 1. The highest BCUT2D eigenvalue weighted by molar-refractivity contribution is 5.97. The molecule has 1 rings (SSSR count). The maximum atomic E-state index is 5.82. The van der Waals surface area contributed by atoms with Crippen LogP contribution in [0.3, 0.4) is 0 Å². The van der Waals surface area contributed by atoms with Crippen molar-refractivity contribution < 1.29 is 0 Å². The molecule has 76 valence electrons. The second-order valence-electron chi connectivity index (χ2n) is 3.32. The molecule has 2 heteroatoms. The van der Waals surface area contributed by atoms with Crippen LogP contribution < -0.4 is 5.73 Å². The predicted octanol–water partition coefficient (Wildman–Crippen LogP) is 2.36. The van der Waals surface area contributed by atoms with E-state index in [1.807, 2.05) is 12.1 Å². The highest BCUT2D eigenvalue weighted by Crippen LogP contribution is 2.04. The first-order valence-electron chi connectivity index (χ1n) is 5.17. The molecule has 0 saturated carbocycles. The third-order valence-corrected chi connectivity index (χ3v) is 2.16. The molecule has 0 bridgehead atoms. The van der Waals surface area contributed by atoms with Crippen LogP contribution in [0.15, 0.2) is 29.3 Å². The second kappa shape index (κ2) is 5.43. The van der Waals surface area contributed by atoms with E-state index in [2.05, 4.69) is 31.0 Å². The van der Waals surface area contributed by atoms with Crippen LogP contribution in [0.25, 0.3) is 0 Å². The molecule has 0 amide bonds. The summed E-state index contributed by atoms with van der Waals surface area (Å²) in [5.41, 5.74) is 8.18. The van der Waals surface area contributed by atoms with E-state index < -0.39 is 0 Å². The molecule has 0 spiro atoms. The number of amidine groups is 1. The number of rotatable bonds is 4. The van der Waals surface area contributed by atoms with Gasteiger partial charge < -0.3 is 5.73 Å². The highest BCUT2D eigenvalue weighted by Gasteiger charge is 1.96. The molecular formula is C12H18N2. The fourth-order valence-electron chi connectivity index (χ4n) is 1.23. The van der Waals surface area contributed by atoms with E-state index in [9.17, 15) is 0 Å². The molecule has 14 heavy (non-hydrogen) atoms. The van der Waals surface area contributed by atoms with Gasteiger partial charge in [-0.2, -0.15) is 0 Å². The molecule has 2 N–H and O–H groups in total. The number of benzene rings is 1. The minimum Gasteiger partial charge on any atom is -0.384 e. The summed E-state index contributed by atoms with van der Waals surface area (Å²) >= 11 is 0. The first-order valence-corrected chi connectivity index (χ1v) is 5.17. The van der Waals surface area contributed by atoms with Crippen LogP contribution in [-0.2, 0) is 6.42 Å². The summed E-state index contributed by atoms with van der Waals surface area (Å²) in [4.78, 5) is 4.26. The zero-order valence-corrected chi connectivity index (χ0v) is 8.96. The van der Waals surface area contributed by atoms with Gasteiger partial charge >= 0.3 is 0 Å². The molecule has 0 aliphatic heterocycles. The summed E-state index contributed by atoms with van der Waals surface area (Å²) < 4.78 is 0. The van der Waals surface area contributed by atoms with Crippen LogP contribution >= 0.6 is 0 Å². The van der Waals surface area contributed by atoms with E-state index in [-0.39, 0.29) is 0 Å². The van der Waals surface area contributed by atoms with Crippen LogP contribution in [0, 0.1) is 0 Å². The van der Waals surface area contributed by atoms with Crippen molar-refractivity contribution in [2.75, 3.05) is 6.54 Å². The van der Waals surface area contributed by atoms with Gasteiger partial charge in [0.2, 0.25) is 0 Å². The molecule has 0 fully saturated rings. The van der Waals surface area contributed by atoms with Crippen molar-refractivity contribution in [2.24, 2.45) is 10.7 Å². The molecule has 1 aromatic rings. The molecule has 0 atom stereocenters. The van der Waals surface area contributed by atoms with Crippen LogP contribution in [0.5, 0.6) is 0 Å². The Kier molecular flexibility index (Phi) is 4.17. The van der Waals surface area contributed by atoms with Crippen LogP contribution in [-0.4, -0.2) is 12.4 Å². The van der Waals surface area contributed by atoms with Crippen molar-refractivity contribution >= 4 is 5.84 Å². The highest BCUT2D eigenvalue weighted by atomic mass is 14.8. The van der Waals surface area contributed by atoms with E-state index in [1.165, 1.54) is 5.56 Å². The van der Waals surface area contributed by atoms with Crippen molar-refractivity contribution in [1.82, 2.24) is 0 Å². The fraction of sp³-hybridized carbons (Fsp3) is 0.417. The molecule has 0 aromatic heterocycles. The molecule has 0 aliphatic carbocycles. The smallest absolute Gasteiger partial charge is 0.125 e. The maximum absolute atomic E-state index is 5.82. The van der Waals surface area contributed by atoms with Crippen LogP contribution in [0.2, 0.25) is 0 Å². The largest absolute Gasteiger partial charge is 0.384 e. The van der Waals surface area contributed by atoms with Crippen molar-refractivity contribution in [3.05, 3.63) is 35.4 Å². The summed E-state index contributed by atoms with van der Waals surface area (Å²) in [6.45, 7) is 5.04. The SMILES string of the molecule is CCCN=C(N)c1ccc(CC)cc1. The molecular weight excluding hydrogens is 172 g/mol. The van der Waals surface area contributed by atoms with E-state index in [0.29, 0.717) is 5.84 Å². The minimum absolute atomic E-state index is 0.648. The van der Waals surface area contributed by atoms with Crippen LogP contribution in [0.1, 0.15) is 31.4 Å². The average molecular weight is 190 g/mol. The van der Waals surface area contributed by atoms with Gasteiger partial charge in [0, 0.05) is 12.1 Å². The van der Waals surface area contributed by atoms with E-state index in [4.69, 9.17) is 5.73 Å². The summed E-state index contributed by atoms with van der Waals surface area (Å²) in [6.07, 6.45) is 2.10. The number of hydrogen-bond acceptors (Lipinski definition) is 1. The summed E-state index contributed by atoms with van der Waals surface area (Å²) in [5, 5.41) is 0. The number of nitrogens with zero attached hydrogens (tertiary/aromatic N) is 1. The van der Waals surface area contributed by atoms with Crippen molar-refractivity contribution in [2.45, 2.75) is 26.7 Å². The van der Waals surface area contributed by atoms with Crippen molar-refractivity contribution in [3.8, 4) is 0 Å². The van der Waals surface area contributed by atoms with Gasteiger partial charge in [-0.15, -0.1) is 0 Å². The Hall–Kier alpha value is -1.31. The molecule has 2 nitrogen and oxygen atoms in total. The summed E-state index contributed by atoms with van der Waals surface area (Å²) in [7, 11) is 0. The first-order chi connectivity index (χ1) is 6.77. The lowest BCUT2D eigenvalue weighted by Crippen LogP contribution is -2.13. The minimum atomic E-state index is 0.648. The Labute approximate surface area is 85.9 Å². The predicted molar refractivity (Wildman–Crippen MR) is 61.7 cm³/mol. The molecule has 0 unspecified atom stereocenters. The van der Waals surface area contributed by atoms with Gasteiger partial charge in [0.05, 0.1) is 0 Å². The second-order valence-corrected chi connectivity index (χ2v) is 3.32. The monoisotopic (exact) mass is 190 g/mol. The van der Waals surface area contributed by atoms with Gasteiger partial charge in [0.1, 0.15) is 5.84 Å². The number of hydrogen-bond donors (Lipinski definition) is 1. The zero-order valence-electron chi connectivity index (χ0n) is 8.96. The lowest BCUT2D eigenvalue weighted by molar-refractivity contribution is 0.930. The fourth-order valence-corrected chi connectivity index (χ4v) is 1.23.